The van der Waals surface area contributed by atoms with Gasteiger partial charge in [-0.3, -0.25) is 0 Å². The monoisotopic (exact) mass is 323 g/mol. The number of aromatic nitrogens is 2. The van der Waals surface area contributed by atoms with Crippen LogP contribution in [0.3, 0.4) is 0 Å². The van der Waals surface area contributed by atoms with E-state index in [0.29, 0.717) is 18.3 Å². The van der Waals surface area contributed by atoms with Crippen LogP contribution in [0.5, 0.6) is 0 Å². The minimum atomic E-state index is -0.174. The van der Waals surface area contributed by atoms with Crippen molar-refractivity contribution in [1.29, 1.82) is 0 Å². The van der Waals surface area contributed by atoms with Crippen LogP contribution in [0, 0.1) is 0 Å². The quantitative estimate of drug-likeness (QED) is 0.865. The van der Waals surface area contributed by atoms with Gasteiger partial charge in [0, 0.05) is 7.11 Å². The van der Waals surface area contributed by atoms with Gasteiger partial charge < -0.3 is 14.2 Å². The molecule has 1 aromatic heterocycles. The van der Waals surface area contributed by atoms with Crippen LogP contribution >= 0.6 is 12.4 Å². The Labute approximate surface area is 137 Å². The third-order valence-electron chi connectivity index (χ3n) is 4.32. The Morgan fingerprint density at radius 1 is 1.23 bits per heavy atom. The van der Waals surface area contributed by atoms with E-state index < -0.39 is 0 Å². The molecule has 2 heterocycles. The number of benzene rings is 1. The van der Waals surface area contributed by atoms with Crippen LogP contribution in [0.1, 0.15) is 30.1 Å². The van der Waals surface area contributed by atoms with Gasteiger partial charge in [0.15, 0.2) is 5.82 Å². The Balaban J connectivity index is 0.00000176. The SMILES string of the molecule is COCc1noc(C2(c3ccccc3)CCN(C)CC2)n1.Cl. The molecule has 1 fully saturated rings. The largest absolute Gasteiger partial charge is 0.377 e. The Morgan fingerprint density at radius 2 is 1.91 bits per heavy atom. The Hall–Kier alpha value is -1.43. The number of nitrogens with zero attached hydrogens (tertiary/aromatic N) is 3. The van der Waals surface area contributed by atoms with Gasteiger partial charge in [-0.2, -0.15) is 4.98 Å². The van der Waals surface area contributed by atoms with E-state index in [1.807, 2.05) is 6.07 Å². The zero-order chi connectivity index (χ0) is 14.7. The highest BCUT2D eigenvalue weighted by Crippen LogP contribution is 2.40. The fraction of sp³-hybridized carbons (Fsp3) is 0.500. The topological polar surface area (TPSA) is 51.4 Å². The molecule has 3 rings (SSSR count). The lowest BCUT2D eigenvalue weighted by Gasteiger charge is -2.38. The van der Waals surface area contributed by atoms with Gasteiger partial charge in [-0.15, -0.1) is 12.4 Å². The van der Waals surface area contributed by atoms with E-state index >= 15 is 0 Å². The van der Waals surface area contributed by atoms with Gasteiger partial charge in [0.05, 0.1) is 5.41 Å². The van der Waals surface area contributed by atoms with E-state index in [1.54, 1.807) is 7.11 Å². The number of methoxy groups -OCH3 is 1. The minimum absolute atomic E-state index is 0. The molecular weight excluding hydrogens is 302 g/mol. The summed E-state index contributed by atoms with van der Waals surface area (Å²) in [5, 5.41) is 4.05. The maximum Gasteiger partial charge on any atom is 0.237 e. The first-order valence-corrected chi connectivity index (χ1v) is 7.31. The molecule has 1 aromatic carbocycles. The van der Waals surface area contributed by atoms with Crippen molar-refractivity contribution >= 4 is 12.4 Å². The normalized spacial score (nSPS) is 17.9. The number of ether oxygens (including phenoxy) is 1. The van der Waals surface area contributed by atoms with Crippen LogP contribution in [-0.4, -0.2) is 42.3 Å². The summed E-state index contributed by atoms with van der Waals surface area (Å²) in [5.41, 5.74) is 1.08. The second kappa shape index (κ2) is 7.22. The third kappa shape index (κ3) is 3.16. The van der Waals surface area contributed by atoms with Gasteiger partial charge in [0.1, 0.15) is 6.61 Å². The summed E-state index contributed by atoms with van der Waals surface area (Å²) >= 11 is 0. The van der Waals surface area contributed by atoms with Gasteiger partial charge in [0.2, 0.25) is 5.89 Å². The fourth-order valence-electron chi connectivity index (χ4n) is 3.02. The van der Waals surface area contributed by atoms with Crippen molar-refractivity contribution in [3.8, 4) is 0 Å². The van der Waals surface area contributed by atoms with Crippen LogP contribution in [0.15, 0.2) is 34.9 Å². The van der Waals surface area contributed by atoms with Crippen LogP contribution < -0.4 is 0 Å². The molecule has 2 aromatic rings. The second-order valence-electron chi connectivity index (χ2n) is 5.70. The number of halogens is 1. The van der Waals surface area contributed by atoms with Crippen molar-refractivity contribution in [3.63, 3.8) is 0 Å². The van der Waals surface area contributed by atoms with E-state index in [1.165, 1.54) is 5.56 Å². The van der Waals surface area contributed by atoms with E-state index in [4.69, 9.17) is 9.26 Å². The Kier molecular flexibility index (Phi) is 5.56. The van der Waals surface area contributed by atoms with Gasteiger partial charge in [-0.05, 0) is 38.5 Å². The van der Waals surface area contributed by atoms with E-state index in [9.17, 15) is 0 Å². The summed E-state index contributed by atoms with van der Waals surface area (Å²) in [5.74, 6) is 1.33. The molecule has 0 unspecified atom stereocenters. The zero-order valence-corrected chi connectivity index (χ0v) is 13.8. The molecule has 5 nitrogen and oxygen atoms in total. The van der Waals surface area contributed by atoms with Crippen molar-refractivity contribution in [2.45, 2.75) is 24.9 Å². The smallest absolute Gasteiger partial charge is 0.237 e. The van der Waals surface area contributed by atoms with Crippen molar-refractivity contribution < 1.29 is 9.26 Å². The van der Waals surface area contributed by atoms with Crippen LogP contribution in [0.2, 0.25) is 0 Å². The number of hydrogen-bond acceptors (Lipinski definition) is 5. The van der Waals surface area contributed by atoms with E-state index in [0.717, 1.165) is 25.9 Å². The predicted octanol–water partition coefficient (Wildman–Crippen LogP) is 2.65. The summed E-state index contributed by atoms with van der Waals surface area (Å²) in [4.78, 5) is 6.92. The first-order valence-electron chi connectivity index (χ1n) is 7.31. The molecule has 1 aliphatic rings. The fourth-order valence-corrected chi connectivity index (χ4v) is 3.02. The molecule has 0 amide bonds. The van der Waals surface area contributed by atoms with Crippen LogP contribution in [0.4, 0.5) is 0 Å². The van der Waals surface area contributed by atoms with Gasteiger partial charge >= 0.3 is 0 Å². The summed E-state index contributed by atoms with van der Waals surface area (Å²) in [6.45, 7) is 2.43. The first-order chi connectivity index (χ1) is 10.2. The lowest BCUT2D eigenvalue weighted by atomic mass is 9.72. The summed E-state index contributed by atoms with van der Waals surface area (Å²) in [6, 6.07) is 10.5. The van der Waals surface area contributed by atoms with Gasteiger partial charge in [-0.25, -0.2) is 0 Å². The highest BCUT2D eigenvalue weighted by atomic mass is 35.5. The lowest BCUT2D eigenvalue weighted by Crippen LogP contribution is -2.41. The molecule has 22 heavy (non-hydrogen) atoms. The van der Waals surface area contributed by atoms with Crippen LogP contribution in [-0.2, 0) is 16.8 Å². The molecule has 0 spiro atoms. The molecule has 0 saturated carbocycles. The Morgan fingerprint density at radius 3 is 2.55 bits per heavy atom. The maximum atomic E-state index is 5.59. The highest BCUT2D eigenvalue weighted by molar-refractivity contribution is 5.85. The standard InChI is InChI=1S/C16H21N3O2.ClH/c1-19-10-8-16(9-11-19,13-6-4-3-5-7-13)15-17-14(12-20-2)18-21-15;/h3-7H,8-12H2,1-2H3;1H. The second-order valence-corrected chi connectivity index (χ2v) is 5.70. The third-order valence-corrected chi connectivity index (χ3v) is 4.32. The lowest BCUT2D eigenvalue weighted by molar-refractivity contribution is 0.171. The maximum absolute atomic E-state index is 5.59. The molecule has 120 valence electrons. The number of hydrogen-bond donors (Lipinski definition) is 0. The summed E-state index contributed by atoms with van der Waals surface area (Å²) in [7, 11) is 3.79. The van der Waals surface area contributed by atoms with Crippen molar-refractivity contribution in [3.05, 3.63) is 47.6 Å². The van der Waals surface area contributed by atoms with Gasteiger partial charge in [0.25, 0.3) is 0 Å². The number of likely N-dealkylation sites (tertiary alicyclic amines) is 1. The van der Waals surface area contributed by atoms with E-state index in [2.05, 4.69) is 46.4 Å². The van der Waals surface area contributed by atoms with Crippen molar-refractivity contribution in [2.24, 2.45) is 0 Å². The molecular formula is C16H22ClN3O2. The molecule has 0 aliphatic carbocycles. The molecule has 0 atom stereocenters. The summed E-state index contributed by atoms with van der Waals surface area (Å²) < 4.78 is 10.7. The molecule has 0 bridgehead atoms. The minimum Gasteiger partial charge on any atom is -0.377 e. The molecule has 0 radical (unpaired) electrons. The van der Waals surface area contributed by atoms with Gasteiger partial charge in [-0.1, -0.05) is 35.5 Å². The van der Waals surface area contributed by atoms with Crippen molar-refractivity contribution in [1.82, 2.24) is 15.0 Å². The number of piperidine rings is 1. The predicted molar refractivity (Wildman–Crippen MR) is 86.2 cm³/mol. The average molecular weight is 324 g/mol. The number of rotatable bonds is 4. The van der Waals surface area contributed by atoms with E-state index in [-0.39, 0.29) is 17.8 Å². The Bertz CT molecular complexity index is 580. The zero-order valence-electron chi connectivity index (χ0n) is 13.0. The average Bonchev–Trinajstić information content (AvgIpc) is 2.99. The molecule has 1 saturated heterocycles. The highest BCUT2D eigenvalue weighted by Gasteiger charge is 2.42. The molecule has 6 heteroatoms. The van der Waals surface area contributed by atoms with Crippen LogP contribution in [0.25, 0.3) is 0 Å². The first kappa shape index (κ1) is 16.9. The summed E-state index contributed by atoms with van der Waals surface area (Å²) in [6.07, 6.45) is 1.98. The molecule has 0 N–H and O–H groups in total. The molecule has 1 aliphatic heterocycles. The van der Waals surface area contributed by atoms with Crippen molar-refractivity contribution in [2.75, 3.05) is 27.2 Å².